The fourth-order valence-electron chi connectivity index (χ4n) is 2.20. The second-order valence-electron chi connectivity index (χ2n) is 5.94. The molecule has 0 saturated heterocycles. The lowest BCUT2D eigenvalue weighted by Gasteiger charge is -2.01. The highest BCUT2D eigenvalue weighted by Gasteiger charge is 2.18. The van der Waals surface area contributed by atoms with Crippen LogP contribution in [-0.2, 0) is 14.6 Å². The number of sulfone groups is 1. The third kappa shape index (κ3) is 4.89. The molecule has 8 nitrogen and oxygen atoms in total. The lowest BCUT2D eigenvalue weighted by atomic mass is 10.1. The Morgan fingerprint density at radius 1 is 1.34 bits per heavy atom. The van der Waals surface area contributed by atoms with E-state index in [1.165, 1.54) is 6.08 Å². The van der Waals surface area contributed by atoms with E-state index in [0.717, 1.165) is 17.4 Å². The third-order valence-electron chi connectivity index (χ3n) is 3.69. The number of nitrogens with zero attached hydrogens (tertiary/aromatic N) is 3. The molecule has 2 heterocycles. The van der Waals surface area contributed by atoms with Gasteiger partial charge >= 0.3 is 0 Å². The first-order valence-electron chi connectivity index (χ1n) is 8.00. The molecule has 148 valence electrons. The van der Waals surface area contributed by atoms with E-state index in [-0.39, 0.29) is 16.5 Å². The van der Waals surface area contributed by atoms with Crippen LogP contribution in [0.1, 0.15) is 11.3 Å². The molecule has 0 radical (unpaired) electrons. The summed E-state index contributed by atoms with van der Waals surface area (Å²) in [5.41, 5.74) is 1.44. The van der Waals surface area contributed by atoms with E-state index < -0.39 is 20.9 Å². The highest BCUT2D eigenvalue weighted by Crippen LogP contribution is 2.27. The standard InChI is InChI=1S/C18H13ClN4O4S2/c1-10-3-4-11(8-14(10)19)15-6-5-13(27-15)7-12(9-20)16(24)21-17-22-18(23-28-17)29(2,25)26/h3-8H,1-2H3,(H,21,22,23,24)/b12-7-. The average molecular weight is 449 g/mol. The van der Waals surface area contributed by atoms with Crippen molar-refractivity contribution in [3.8, 4) is 17.4 Å². The quantitative estimate of drug-likeness (QED) is 0.465. The van der Waals surface area contributed by atoms with Crippen LogP contribution in [-0.4, -0.2) is 29.9 Å². The molecule has 1 amide bonds. The number of hydrogen-bond acceptors (Lipinski definition) is 8. The van der Waals surface area contributed by atoms with Gasteiger partial charge in [0.1, 0.15) is 23.2 Å². The molecule has 29 heavy (non-hydrogen) atoms. The Balaban J connectivity index is 1.80. The van der Waals surface area contributed by atoms with Gasteiger partial charge in [-0.3, -0.25) is 10.1 Å². The van der Waals surface area contributed by atoms with Gasteiger partial charge in [-0.15, -0.1) is 0 Å². The highest BCUT2D eigenvalue weighted by molar-refractivity contribution is 7.90. The number of aryl methyl sites for hydroxylation is 1. The molecule has 0 saturated carbocycles. The summed E-state index contributed by atoms with van der Waals surface area (Å²) >= 11 is 6.83. The fraction of sp³-hybridized carbons (Fsp3) is 0.111. The Bertz CT molecular complexity index is 1270. The van der Waals surface area contributed by atoms with Gasteiger partial charge < -0.3 is 4.42 Å². The lowest BCUT2D eigenvalue weighted by Crippen LogP contribution is -2.13. The van der Waals surface area contributed by atoms with Gasteiger partial charge in [-0.2, -0.15) is 14.6 Å². The molecular formula is C18H13ClN4O4S2. The van der Waals surface area contributed by atoms with Crippen molar-refractivity contribution in [2.75, 3.05) is 11.6 Å². The summed E-state index contributed by atoms with van der Waals surface area (Å²) in [6, 6.07) is 10.6. The number of aromatic nitrogens is 2. The molecule has 1 aromatic carbocycles. The molecule has 11 heteroatoms. The number of amides is 1. The Morgan fingerprint density at radius 2 is 2.10 bits per heavy atom. The summed E-state index contributed by atoms with van der Waals surface area (Å²) in [5, 5.41) is 11.8. The first-order valence-corrected chi connectivity index (χ1v) is 11.0. The van der Waals surface area contributed by atoms with E-state index in [9.17, 15) is 18.5 Å². The van der Waals surface area contributed by atoms with Gasteiger partial charge in [-0.1, -0.05) is 23.7 Å². The van der Waals surface area contributed by atoms with Crippen LogP contribution in [0.15, 0.2) is 45.5 Å². The SMILES string of the molecule is Cc1ccc(-c2ccc(/C=C(/C#N)C(=O)Nc3nc(S(C)(=O)=O)ns3)o2)cc1Cl. The monoisotopic (exact) mass is 448 g/mol. The van der Waals surface area contributed by atoms with E-state index in [0.29, 0.717) is 22.3 Å². The molecule has 0 fully saturated rings. The van der Waals surface area contributed by atoms with Crippen molar-refractivity contribution in [2.45, 2.75) is 12.1 Å². The summed E-state index contributed by atoms with van der Waals surface area (Å²) in [6.07, 6.45) is 2.23. The molecule has 2 aromatic heterocycles. The number of carbonyl (C=O) groups excluding carboxylic acids is 1. The molecule has 0 aliphatic carbocycles. The van der Waals surface area contributed by atoms with Crippen LogP contribution < -0.4 is 5.32 Å². The van der Waals surface area contributed by atoms with Crippen LogP contribution in [0.4, 0.5) is 5.13 Å². The van der Waals surface area contributed by atoms with Crippen molar-refractivity contribution >= 4 is 50.1 Å². The summed E-state index contributed by atoms with van der Waals surface area (Å²) in [7, 11) is -3.59. The van der Waals surface area contributed by atoms with E-state index in [4.69, 9.17) is 16.0 Å². The molecule has 0 aliphatic heterocycles. The zero-order chi connectivity index (χ0) is 21.2. The predicted molar refractivity (Wildman–Crippen MR) is 109 cm³/mol. The van der Waals surface area contributed by atoms with E-state index in [1.54, 1.807) is 24.3 Å². The Morgan fingerprint density at radius 3 is 2.72 bits per heavy atom. The number of rotatable bonds is 5. The van der Waals surface area contributed by atoms with Crippen molar-refractivity contribution < 1.29 is 17.6 Å². The minimum absolute atomic E-state index is 0.0361. The Hall–Kier alpha value is -3.00. The van der Waals surface area contributed by atoms with Crippen LogP contribution in [0.2, 0.25) is 5.02 Å². The van der Waals surface area contributed by atoms with Gasteiger partial charge in [0.25, 0.3) is 11.1 Å². The number of nitriles is 1. The van der Waals surface area contributed by atoms with Crippen LogP contribution in [0.25, 0.3) is 17.4 Å². The summed E-state index contributed by atoms with van der Waals surface area (Å²) in [4.78, 5) is 16.0. The minimum Gasteiger partial charge on any atom is -0.457 e. The summed E-state index contributed by atoms with van der Waals surface area (Å²) in [6.45, 7) is 1.89. The van der Waals surface area contributed by atoms with Crippen molar-refractivity contribution in [1.82, 2.24) is 9.36 Å². The van der Waals surface area contributed by atoms with Crippen molar-refractivity contribution in [3.63, 3.8) is 0 Å². The molecule has 3 rings (SSSR count). The van der Waals surface area contributed by atoms with Gasteiger partial charge in [0.15, 0.2) is 0 Å². The van der Waals surface area contributed by atoms with Gasteiger partial charge in [0, 0.05) is 34.5 Å². The van der Waals surface area contributed by atoms with Crippen molar-refractivity contribution in [1.29, 1.82) is 5.26 Å². The largest absolute Gasteiger partial charge is 0.457 e. The predicted octanol–water partition coefficient (Wildman–Crippen LogP) is 3.71. The number of benzene rings is 1. The minimum atomic E-state index is -3.59. The van der Waals surface area contributed by atoms with Gasteiger partial charge in [0.05, 0.1) is 0 Å². The third-order valence-corrected chi connectivity index (χ3v) is 5.69. The zero-order valence-corrected chi connectivity index (χ0v) is 17.5. The number of hydrogen-bond donors (Lipinski definition) is 1. The second kappa shape index (κ2) is 8.16. The smallest absolute Gasteiger partial charge is 0.268 e. The van der Waals surface area contributed by atoms with E-state index >= 15 is 0 Å². The van der Waals surface area contributed by atoms with Crippen molar-refractivity contribution in [3.05, 3.63) is 52.3 Å². The summed E-state index contributed by atoms with van der Waals surface area (Å²) in [5.74, 6) is 0.0512. The van der Waals surface area contributed by atoms with Crippen LogP contribution in [0.3, 0.4) is 0 Å². The first-order chi connectivity index (χ1) is 13.7. The fourth-order valence-corrected chi connectivity index (χ4v) is 3.82. The van der Waals surface area contributed by atoms with E-state index in [1.807, 2.05) is 19.1 Å². The highest BCUT2D eigenvalue weighted by atomic mass is 35.5. The molecule has 1 N–H and O–H groups in total. The second-order valence-corrected chi connectivity index (χ2v) is 9.01. The number of furan rings is 1. The maximum absolute atomic E-state index is 12.3. The molecule has 0 aliphatic rings. The molecule has 0 atom stereocenters. The maximum atomic E-state index is 12.3. The number of anilines is 1. The molecule has 0 bridgehead atoms. The van der Waals surface area contributed by atoms with Crippen LogP contribution >= 0.6 is 23.1 Å². The molecule has 3 aromatic rings. The van der Waals surface area contributed by atoms with Crippen LogP contribution in [0.5, 0.6) is 0 Å². The van der Waals surface area contributed by atoms with Crippen molar-refractivity contribution in [2.24, 2.45) is 0 Å². The van der Waals surface area contributed by atoms with Gasteiger partial charge in [0.2, 0.25) is 15.0 Å². The summed E-state index contributed by atoms with van der Waals surface area (Å²) < 4.78 is 32.1. The molecule has 0 spiro atoms. The van der Waals surface area contributed by atoms with E-state index in [2.05, 4.69) is 14.7 Å². The first kappa shape index (κ1) is 20.7. The molecular weight excluding hydrogens is 436 g/mol. The molecule has 0 unspecified atom stereocenters. The number of carbonyl (C=O) groups is 1. The van der Waals surface area contributed by atoms with Gasteiger partial charge in [-0.25, -0.2) is 8.42 Å². The normalized spacial score (nSPS) is 11.9. The maximum Gasteiger partial charge on any atom is 0.268 e. The Kier molecular flexibility index (Phi) is 5.83. The number of nitrogens with one attached hydrogen (secondary N) is 1. The van der Waals surface area contributed by atoms with Gasteiger partial charge in [-0.05, 0) is 30.7 Å². The Labute approximate surface area is 175 Å². The van der Waals surface area contributed by atoms with Crippen LogP contribution in [0, 0.1) is 18.3 Å². The average Bonchev–Trinajstić information content (AvgIpc) is 3.31. The zero-order valence-electron chi connectivity index (χ0n) is 15.1. The lowest BCUT2D eigenvalue weighted by molar-refractivity contribution is -0.112. The topological polar surface area (TPSA) is 126 Å². The number of halogens is 1.